The van der Waals surface area contributed by atoms with Crippen molar-refractivity contribution in [3.05, 3.63) is 34.8 Å². The molecule has 0 aromatic carbocycles. The zero-order valence-electron chi connectivity index (χ0n) is 9.29. The molecule has 17 heavy (non-hydrogen) atoms. The number of rotatable bonds is 4. The fraction of sp³-hybridized carbons (Fsp3) is 0.417. The Bertz CT molecular complexity index is 444. The maximum Gasteiger partial charge on any atom is 0.267 e. The van der Waals surface area contributed by atoms with Crippen LogP contribution in [0.3, 0.4) is 0 Å². The number of halogens is 3. The molecule has 1 aliphatic rings. The van der Waals surface area contributed by atoms with E-state index in [0.29, 0.717) is 5.57 Å². The third kappa shape index (κ3) is 2.57. The van der Waals surface area contributed by atoms with E-state index in [4.69, 9.17) is 16.3 Å². The van der Waals surface area contributed by atoms with E-state index in [9.17, 15) is 8.78 Å². The van der Waals surface area contributed by atoms with Crippen molar-refractivity contribution >= 4 is 17.2 Å². The number of hydrogen-bond donors (Lipinski definition) is 0. The minimum atomic E-state index is -2.63. The van der Waals surface area contributed by atoms with Crippen molar-refractivity contribution in [3.8, 4) is 0 Å². The maximum absolute atomic E-state index is 13.0. The van der Waals surface area contributed by atoms with Crippen LogP contribution in [0.15, 0.2) is 18.5 Å². The molecule has 92 valence electrons. The number of ether oxygens (including phenoxy) is 1. The normalized spacial score (nSPS) is 16.4. The third-order valence-electron chi connectivity index (χ3n) is 2.69. The molecule has 0 unspecified atom stereocenters. The number of alkyl halides is 2. The van der Waals surface area contributed by atoms with Gasteiger partial charge in [-0.3, -0.25) is 4.98 Å². The predicted octanol–water partition coefficient (Wildman–Crippen LogP) is 4.07. The minimum absolute atomic E-state index is 0.0488. The standard InChI is InChI=1S/C12H12ClF2NO/c1-17-6-8(7-2-3-7)11-10(12(14)15)9(13)4-5-16-11/h4-7,12H,2-3H2,1H3/b8-6+. The van der Waals surface area contributed by atoms with E-state index in [-0.39, 0.29) is 22.2 Å². The van der Waals surface area contributed by atoms with E-state index >= 15 is 0 Å². The Hall–Kier alpha value is -1.16. The number of aromatic nitrogens is 1. The minimum Gasteiger partial charge on any atom is -0.504 e. The van der Waals surface area contributed by atoms with Gasteiger partial charge in [0.15, 0.2) is 0 Å². The number of allylic oxidation sites excluding steroid dienone is 1. The molecule has 0 saturated heterocycles. The summed E-state index contributed by atoms with van der Waals surface area (Å²) in [6, 6.07) is 1.38. The molecule has 0 radical (unpaired) electrons. The molecule has 1 aliphatic carbocycles. The van der Waals surface area contributed by atoms with Gasteiger partial charge in [0.05, 0.1) is 29.7 Å². The van der Waals surface area contributed by atoms with Crippen LogP contribution in [-0.4, -0.2) is 12.1 Å². The highest BCUT2D eigenvalue weighted by atomic mass is 35.5. The average molecular weight is 260 g/mol. The first-order valence-electron chi connectivity index (χ1n) is 5.31. The molecule has 0 amide bonds. The molecule has 1 fully saturated rings. The Morgan fingerprint density at radius 2 is 2.29 bits per heavy atom. The summed E-state index contributed by atoms with van der Waals surface area (Å²) in [5, 5.41) is 0.0488. The van der Waals surface area contributed by atoms with Gasteiger partial charge in [-0.15, -0.1) is 0 Å². The van der Waals surface area contributed by atoms with Crippen LogP contribution in [0.1, 0.15) is 30.5 Å². The molecule has 0 N–H and O–H groups in total. The first-order valence-corrected chi connectivity index (χ1v) is 5.68. The highest BCUT2D eigenvalue weighted by molar-refractivity contribution is 6.31. The summed E-state index contributed by atoms with van der Waals surface area (Å²) in [4.78, 5) is 4.03. The van der Waals surface area contributed by atoms with Crippen molar-refractivity contribution in [3.63, 3.8) is 0 Å². The molecule has 1 aromatic heterocycles. The SMILES string of the molecule is CO/C=C(/c1nccc(Cl)c1C(F)F)C1CC1. The second-order valence-electron chi connectivity index (χ2n) is 3.94. The van der Waals surface area contributed by atoms with Gasteiger partial charge in [0, 0.05) is 11.8 Å². The molecule has 5 heteroatoms. The molecule has 0 aliphatic heterocycles. The van der Waals surface area contributed by atoms with Crippen LogP contribution in [0.4, 0.5) is 8.78 Å². The summed E-state index contributed by atoms with van der Waals surface area (Å²) < 4.78 is 30.9. The Morgan fingerprint density at radius 1 is 1.59 bits per heavy atom. The summed E-state index contributed by atoms with van der Waals surface area (Å²) >= 11 is 5.81. The molecule has 0 atom stereocenters. The van der Waals surface area contributed by atoms with Crippen LogP contribution in [0.5, 0.6) is 0 Å². The van der Waals surface area contributed by atoms with E-state index < -0.39 is 6.43 Å². The predicted molar refractivity (Wildman–Crippen MR) is 61.9 cm³/mol. The largest absolute Gasteiger partial charge is 0.504 e. The number of hydrogen-bond acceptors (Lipinski definition) is 2. The van der Waals surface area contributed by atoms with Crippen LogP contribution in [0.2, 0.25) is 5.02 Å². The number of methoxy groups -OCH3 is 1. The fourth-order valence-corrected chi connectivity index (χ4v) is 1.98. The van der Waals surface area contributed by atoms with Crippen LogP contribution >= 0.6 is 11.6 Å². The van der Waals surface area contributed by atoms with Crippen LogP contribution < -0.4 is 0 Å². The topological polar surface area (TPSA) is 22.1 Å². The van der Waals surface area contributed by atoms with Crippen molar-refractivity contribution in [2.45, 2.75) is 19.3 Å². The summed E-state index contributed by atoms with van der Waals surface area (Å²) in [5.41, 5.74) is 0.770. The monoisotopic (exact) mass is 259 g/mol. The lowest BCUT2D eigenvalue weighted by Gasteiger charge is -2.12. The molecular formula is C12H12ClF2NO. The highest BCUT2D eigenvalue weighted by Gasteiger charge is 2.32. The van der Waals surface area contributed by atoms with E-state index in [1.54, 1.807) is 0 Å². The second-order valence-corrected chi connectivity index (χ2v) is 4.35. The van der Waals surface area contributed by atoms with E-state index in [2.05, 4.69) is 4.98 Å². The average Bonchev–Trinajstić information content (AvgIpc) is 3.08. The Kier molecular flexibility index (Phi) is 3.62. The van der Waals surface area contributed by atoms with Crippen molar-refractivity contribution in [1.29, 1.82) is 0 Å². The lowest BCUT2D eigenvalue weighted by molar-refractivity contribution is 0.150. The Labute approximate surface area is 103 Å². The quantitative estimate of drug-likeness (QED) is 0.761. The lowest BCUT2D eigenvalue weighted by Crippen LogP contribution is -2.01. The number of nitrogens with zero attached hydrogens (tertiary/aromatic N) is 1. The van der Waals surface area contributed by atoms with Crippen molar-refractivity contribution in [2.24, 2.45) is 5.92 Å². The first-order chi connectivity index (χ1) is 8.15. The molecule has 2 nitrogen and oxygen atoms in total. The summed E-state index contributed by atoms with van der Waals surface area (Å²) in [6.45, 7) is 0. The molecular weight excluding hydrogens is 248 g/mol. The van der Waals surface area contributed by atoms with Crippen LogP contribution in [-0.2, 0) is 4.74 Å². The third-order valence-corrected chi connectivity index (χ3v) is 3.02. The van der Waals surface area contributed by atoms with Gasteiger partial charge >= 0.3 is 0 Å². The van der Waals surface area contributed by atoms with Crippen molar-refractivity contribution in [2.75, 3.05) is 7.11 Å². The molecule has 1 saturated carbocycles. The van der Waals surface area contributed by atoms with E-state index in [0.717, 1.165) is 12.8 Å². The van der Waals surface area contributed by atoms with Crippen molar-refractivity contribution in [1.82, 2.24) is 4.98 Å². The zero-order chi connectivity index (χ0) is 12.4. The molecule has 0 spiro atoms. The van der Waals surface area contributed by atoms with Gasteiger partial charge < -0.3 is 4.74 Å². The van der Waals surface area contributed by atoms with E-state index in [1.807, 2.05) is 0 Å². The van der Waals surface area contributed by atoms with Crippen LogP contribution in [0, 0.1) is 5.92 Å². The van der Waals surface area contributed by atoms with E-state index in [1.165, 1.54) is 25.6 Å². The maximum atomic E-state index is 13.0. The summed E-state index contributed by atoms with van der Waals surface area (Å²) in [5.74, 6) is 0.262. The van der Waals surface area contributed by atoms with Gasteiger partial charge in [-0.1, -0.05) is 11.6 Å². The second kappa shape index (κ2) is 5.00. The van der Waals surface area contributed by atoms with Gasteiger partial charge in [0.1, 0.15) is 0 Å². The Morgan fingerprint density at radius 3 is 2.82 bits per heavy atom. The van der Waals surface area contributed by atoms with Gasteiger partial charge in [-0.25, -0.2) is 8.78 Å². The zero-order valence-corrected chi connectivity index (χ0v) is 10.0. The van der Waals surface area contributed by atoms with Gasteiger partial charge in [-0.05, 0) is 24.8 Å². The smallest absolute Gasteiger partial charge is 0.267 e. The van der Waals surface area contributed by atoms with Gasteiger partial charge in [0.25, 0.3) is 6.43 Å². The van der Waals surface area contributed by atoms with Gasteiger partial charge in [-0.2, -0.15) is 0 Å². The van der Waals surface area contributed by atoms with Gasteiger partial charge in [0.2, 0.25) is 0 Å². The fourth-order valence-electron chi connectivity index (χ4n) is 1.75. The molecule has 1 heterocycles. The molecule has 0 bridgehead atoms. The number of pyridine rings is 1. The summed E-state index contributed by atoms with van der Waals surface area (Å²) in [7, 11) is 1.50. The summed E-state index contributed by atoms with van der Waals surface area (Å²) in [6.07, 6.45) is 2.25. The molecule has 1 aromatic rings. The van der Waals surface area contributed by atoms with Crippen LogP contribution in [0.25, 0.3) is 5.57 Å². The Balaban J connectivity index is 2.49. The highest BCUT2D eigenvalue weighted by Crippen LogP contribution is 2.44. The van der Waals surface area contributed by atoms with Crippen molar-refractivity contribution < 1.29 is 13.5 Å². The lowest BCUT2D eigenvalue weighted by atomic mass is 10.0. The first kappa shape index (κ1) is 12.3. The molecule has 2 rings (SSSR count).